The van der Waals surface area contributed by atoms with Crippen molar-refractivity contribution in [2.45, 2.75) is 25.5 Å². The summed E-state index contributed by atoms with van der Waals surface area (Å²) in [4.78, 5) is 23.0. The fourth-order valence-electron chi connectivity index (χ4n) is 1.61. The van der Waals surface area contributed by atoms with E-state index < -0.39 is 11.8 Å². The Morgan fingerprint density at radius 3 is 2.44 bits per heavy atom. The first-order valence-corrected chi connectivity index (χ1v) is 7.10. The van der Waals surface area contributed by atoms with Crippen molar-refractivity contribution in [3.63, 3.8) is 0 Å². The summed E-state index contributed by atoms with van der Waals surface area (Å²) < 4.78 is 4.72. The first kappa shape index (κ1) is 14.8. The number of hydrogen-bond acceptors (Lipinski definition) is 4. The largest absolute Gasteiger partial charge is 0.460 e. The molecular formula is C14H18O3S. The Bertz CT molecular complexity index is 389. The lowest BCUT2D eigenvalue weighted by Crippen LogP contribution is -2.19. The third-order valence-electron chi connectivity index (χ3n) is 2.41. The molecule has 1 unspecified atom stereocenters. The van der Waals surface area contributed by atoms with Gasteiger partial charge in [-0.2, -0.15) is 11.8 Å². The average molecular weight is 266 g/mol. The van der Waals surface area contributed by atoms with Crippen LogP contribution < -0.4 is 0 Å². The average Bonchev–Trinajstić information content (AvgIpc) is 2.39. The van der Waals surface area contributed by atoms with Crippen molar-refractivity contribution >= 4 is 23.5 Å². The first-order valence-electron chi connectivity index (χ1n) is 6.05. The van der Waals surface area contributed by atoms with Gasteiger partial charge in [0.15, 0.2) is 0 Å². The van der Waals surface area contributed by atoms with Crippen molar-refractivity contribution in [1.29, 1.82) is 0 Å². The monoisotopic (exact) mass is 266 g/mol. The first-order chi connectivity index (χ1) is 8.69. The van der Waals surface area contributed by atoms with Gasteiger partial charge in [0.05, 0.1) is 6.61 Å². The Morgan fingerprint density at radius 1 is 1.22 bits per heavy atom. The summed E-state index contributed by atoms with van der Waals surface area (Å²) in [5, 5.41) is 0.0214. The maximum Gasteiger partial charge on any atom is 0.374 e. The van der Waals surface area contributed by atoms with Gasteiger partial charge in [0.25, 0.3) is 0 Å². The summed E-state index contributed by atoms with van der Waals surface area (Å²) in [7, 11) is 0. The lowest BCUT2D eigenvalue weighted by molar-refractivity contribution is -0.153. The number of esters is 1. The second kappa shape index (κ2) is 7.93. The number of ether oxygens (including phenoxy) is 1. The normalized spacial score (nSPS) is 11.9. The molecule has 0 saturated heterocycles. The van der Waals surface area contributed by atoms with E-state index in [4.69, 9.17) is 4.74 Å². The lowest BCUT2D eigenvalue weighted by atomic mass is 10.1. The maximum atomic E-state index is 11.7. The third kappa shape index (κ3) is 4.53. The van der Waals surface area contributed by atoms with E-state index in [0.29, 0.717) is 0 Å². The van der Waals surface area contributed by atoms with Gasteiger partial charge in [-0.15, -0.1) is 0 Å². The zero-order valence-corrected chi connectivity index (χ0v) is 11.5. The minimum atomic E-state index is -0.727. The van der Waals surface area contributed by atoms with Crippen LogP contribution in [-0.2, 0) is 14.3 Å². The van der Waals surface area contributed by atoms with E-state index in [1.807, 2.05) is 37.3 Å². The van der Waals surface area contributed by atoms with E-state index in [-0.39, 0.29) is 18.3 Å². The van der Waals surface area contributed by atoms with E-state index in [9.17, 15) is 9.59 Å². The van der Waals surface area contributed by atoms with E-state index in [1.54, 1.807) is 18.7 Å². The van der Waals surface area contributed by atoms with Gasteiger partial charge in [-0.25, -0.2) is 4.79 Å². The Labute approximate surface area is 112 Å². The van der Waals surface area contributed by atoms with Crippen LogP contribution in [0.5, 0.6) is 0 Å². The summed E-state index contributed by atoms with van der Waals surface area (Å²) in [6.07, 6.45) is 0.196. The molecule has 4 heteroatoms. The van der Waals surface area contributed by atoms with Crippen molar-refractivity contribution in [2.75, 3.05) is 12.4 Å². The third-order valence-corrected chi connectivity index (χ3v) is 3.59. The van der Waals surface area contributed by atoms with E-state index in [1.165, 1.54) is 0 Å². The minimum absolute atomic E-state index is 0.0214. The molecular weight excluding hydrogens is 248 g/mol. The summed E-state index contributed by atoms with van der Waals surface area (Å²) in [6.45, 7) is 3.97. The van der Waals surface area contributed by atoms with Gasteiger partial charge < -0.3 is 4.74 Å². The van der Waals surface area contributed by atoms with Crippen molar-refractivity contribution in [3.05, 3.63) is 35.9 Å². The summed E-state index contributed by atoms with van der Waals surface area (Å²) in [5.74, 6) is -0.280. The van der Waals surface area contributed by atoms with Gasteiger partial charge >= 0.3 is 5.97 Å². The summed E-state index contributed by atoms with van der Waals surface area (Å²) in [6, 6.07) is 9.77. The van der Waals surface area contributed by atoms with Crippen LogP contribution in [0.3, 0.4) is 0 Å². The standard InChI is InChI=1S/C14H18O3S/c1-3-17-14(16)12(15)10-13(18-4-2)11-8-6-5-7-9-11/h5-9,13H,3-4,10H2,1-2H3. The molecule has 98 valence electrons. The number of rotatable bonds is 7. The molecule has 0 aliphatic rings. The minimum Gasteiger partial charge on any atom is -0.460 e. The molecule has 18 heavy (non-hydrogen) atoms. The molecule has 0 spiro atoms. The zero-order chi connectivity index (χ0) is 13.4. The van der Waals surface area contributed by atoms with Crippen molar-refractivity contribution < 1.29 is 14.3 Å². The number of carbonyl (C=O) groups excluding carboxylic acids is 2. The number of thioether (sulfide) groups is 1. The fourth-order valence-corrected chi connectivity index (χ4v) is 2.63. The molecule has 0 heterocycles. The van der Waals surface area contributed by atoms with Crippen molar-refractivity contribution in [3.8, 4) is 0 Å². The predicted molar refractivity (Wildman–Crippen MR) is 73.6 cm³/mol. The molecule has 0 aliphatic carbocycles. The molecule has 0 bridgehead atoms. The van der Waals surface area contributed by atoms with Crippen LogP contribution in [0.1, 0.15) is 31.1 Å². The molecule has 0 aromatic heterocycles. The van der Waals surface area contributed by atoms with Gasteiger partial charge in [-0.05, 0) is 18.2 Å². The molecule has 1 atom stereocenters. The van der Waals surface area contributed by atoms with Gasteiger partial charge in [-0.3, -0.25) is 4.79 Å². The zero-order valence-electron chi connectivity index (χ0n) is 10.7. The highest BCUT2D eigenvalue weighted by atomic mass is 32.2. The molecule has 0 N–H and O–H groups in total. The van der Waals surface area contributed by atoms with E-state index in [2.05, 4.69) is 0 Å². The molecule has 1 aromatic carbocycles. The molecule has 1 rings (SSSR count). The number of ketones is 1. The van der Waals surface area contributed by atoms with Gasteiger partial charge in [-0.1, -0.05) is 37.3 Å². The number of hydrogen-bond donors (Lipinski definition) is 0. The van der Waals surface area contributed by atoms with Crippen LogP contribution in [0.2, 0.25) is 0 Å². The van der Waals surface area contributed by atoms with Crippen LogP contribution in [0.15, 0.2) is 30.3 Å². The smallest absolute Gasteiger partial charge is 0.374 e. The molecule has 1 aromatic rings. The van der Waals surface area contributed by atoms with Crippen LogP contribution in [-0.4, -0.2) is 24.1 Å². The number of carbonyl (C=O) groups is 2. The summed E-state index contributed by atoms with van der Waals surface area (Å²) >= 11 is 1.66. The second-order valence-corrected chi connectivity index (χ2v) is 5.18. The molecule has 0 saturated carbocycles. The highest BCUT2D eigenvalue weighted by Crippen LogP contribution is 2.31. The fraction of sp³-hybridized carbons (Fsp3) is 0.429. The predicted octanol–water partition coefficient (Wildman–Crippen LogP) is 3.00. The Kier molecular flexibility index (Phi) is 6.50. The Balaban J connectivity index is 2.69. The quantitative estimate of drug-likeness (QED) is 0.562. The van der Waals surface area contributed by atoms with Crippen LogP contribution in [0, 0.1) is 0 Å². The Hall–Kier alpha value is -1.29. The number of Topliss-reactive ketones (excluding diaryl/α,β-unsaturated/α-hetero) is 1. The van der Waals surface area contributed by atoms with Crippen molar-refractivity contribution in [1.82, 2.24) is 0 Å². The lowest BCUT2D eigenvalue weighted by Gasteiger charge is -2.14. The summed E-state index contributed by atoms with van der Waals surface area (Å²) in [5.41, 5.74) is 1.07. The number of benzene rings is 1. The molecule has 0 fully saturated rings. The van der Waals surface area contributed by atoms with Crippen LogP contribution in [0.4, 0.5) is 0 Å². The molecule has 0 amide bonds. The van der Waals surface area contributed by atoms with E-state index in [0.717, 1.165) is 11.3 Å². The highest BCUT2D eigenvalue weighted by molar-refractivity contribution is 7.99. The van der Waals surface area contributed by atoms with Gasteiger partial charge in [0, 0.05) is 11.7 Å². The van der Waals surface area contributed by atoms with Gasteiger partial charge in [0.2, 0.25) is 5.78 Å². The van der Waals surface area contributed by atoms with Crippen LogP contribution >= 0.6 is 11.8 Å². The topological polar surface area (TPSA) is 43.4 Å². The Morgan fingerprint density at radius 2 is 1.89 bits per heavy atom. The molecule has 3 nitrogen and oxygen atoms in total. The maximum absolute atomic E-state index is 11.7. The molecule has 0 radical (unpaired) electrons. The van der Waals surface area contributed by atoms with Crippen LogP contribution in [0.25, 0.3) is 0 Å². The molecule has 0 aliphatic heterocycles. The highest BCUT2D eigenvalue weighted by Gasteiger charge is 2.21. The SMILES string of the molecule is CCOC(=O)C(=O)CC(SCC)c1ccccc1. The second-order valence-electron chi connectivity index (χ2n) is 3.70. The van der Waals surface area contributed by atoms with Crippen molar-refractivity contribution in [2.24, 2.45) is 0 Å². The van der Waals surface area contributed by atoms with Gasteiger partial charge in [0.1, 0.15) is 0 Å². The van der Waals surface area contributed by atoms with E-state index >= 15 is 0 Å².